The Kier molecular flexibility index (Phi) is 4.54. The van der Waals surface area contributed by atoms with Crippen LogP contribution in [0.5, 0.6) is 0 Å². The lowest BCUT2D eigenvalue weighted by molar-refractivity contribution is -0.134. The van der Waals surface area contributed by atoms with Gasteiger partial charge in [0.25, 0.3) is 0 Å². The van der Waals surface area contributed by atoms with Gasteiger partial charge >= 0.3 is 0 Å². The van der Waals surface area contributed by atoms with E-state index in [4.69, 9.17) is 0 Å². The molecule has 0 aromatic heterocycles. The third-order valence-corrected chi connectivity index (χ3v) is 4.66. The summed E-state index contributed by atoms with van der Waals surface area (Å²) in [6, 6.07) is 0.442. The molecular weight excluding hydrogens is 236 g/mol. The number of nitrogens with zero attached hydrogens (tertiary/aromatic N) is 1. The second kappa shape index (κ2) is 5.82. The minimum Gasteiger partial charge on any atom is -0.322 e. The number of nitrogens with one attached hydrogen (secondary N) is 1. The van der Waals surface area contributed by atoms with E-state index in [0.717, 1.165) is 32.1 Å². The van der Waals surface area contributed by atoms with Crippen LogP contribution < -0.4 is 5.32 Å². The number of carbonyl (C=O) groups excluding carboxylic acids is 1. The van der Waals surface area contributed by atoms with E-state index in [1.54, 1.807) is 0 Å². The van der Waals surface area contributed by atoms with E-state index < -0.39 is 0 Å². The van der Waals surface area contributed by atoms with E-state index in [1.807, 2.05) is 0 Å². The first-order chi connectivity index (χ1) is 9.05. The van der Waals surface area contributed by atoms with Crippen LogP contribution in [0.1, 0.15) is 72.6 Å². The van der Waals surface area contributed by atoms with Crippen molar-refractivity contribution in [3.63, 3.8) is 0 Å². The van der Waals surface area contributed by atoms with Crippen LogP contribution >= 0.6 is 0 Å². The fourth-order valence-corrected chi connectivity index (χ4v) is 3.35. The molecule has 0 aromatic carbocycles. The minimum atomic E-state index is -0.160. The quantitative estimate of drug-likeness (QED) is 0.767. The largest absolute Gasteiger partial charge is 0.322 e. The highest BCUT2D eigenvalue weighted by Gasteiger charge is 2.60. The van der Waals surface area contributed by atoms with Gasteiger partial charge in [-0.05, 0) is 31.6 Å². The first-order valence-electron chi connectivity index (χ1n) is 8.16. The van der Waals surface area contributed by atoms with Gasteiger partial charge < -0.3 is 4.90 Å². The Labute approximate surface area is 118 Å². The molecule has 0 radical (unpaired) electrons. The van der Waals surface area contributed by atoms with Gasteiger partial charge in [-0.15, -0.1) is 0 Å². The van der Waals surface area contributed by atoms with Gasteiger partial charge in [0.1, 0.15) is 0 Å². The Morgan fingerprint density at radius 2 is 1.95 bits per heavy atom. The first-order valence-corrected chi connectivity index (χ1v) is 8.16. The summed E-state index contributed by atoms with van der Waals surface area (Å²) < 4.78 is 0. The fourth-order valence-electron chi connectivity index (χ4n) is 3.35. The zero-order valence-corrected chi connectivity index (χ0v) is 13.0. The van der Waals surface area contributed by atoms with Gasteiger partial charge in [-0.1, -0.05) is 47.0 Å². The second-order valence-corrected chi connectivity index (χ2v) is 6.71. The molecule has 3 heteroatoms. The molecule has 1 heterocycles. The van der Waals surface area contributed by atoms with Gasteiger partial charge in [0.15, 0.2) is 0 Å². The lowest BCUT2D eigenvalue weighted by Gasteiger charge is -2.35. The van der Waals surface area contributed by atoms with E-state index in [-0.39, 0.29) is 11.7 Å². The van der Waals surface area contributed by atoms with Crippen LogP contribution in [-0.2, 0) is 4.79 Å². The monoisotopic (exact) mass is 266 g/mol. The van der Waals surface area contributed by atoms with Gasteiger partial charge in [0, 0.05) is 6.04 Å². The molecule has 1 N–H and O–H groups in total. The minimum absolute atomic E-state index is 0.160. The zero-order valence-electron chi connectivity index (χ0n) is 13.0. The topological polar surface area (TPSA) is 32.3 Å². The van der Waals surface area contributed by atoms with Crippen LogP contribution in [0.15, 0.2) is 0 Å². The van der Waals surface area contributed by atoms with Crippen molar-refractivity contribution >= 4 is 5.91 Å². The van der Waals surface area contributed by atoms with Crippen LogP contribution in [0.3, 0.4) is 0 Å². The van der Waals surface area contributed by atoms with E-state index in [9.17, 15) is 4.79 Å². The molecule has 1 spiro atoms. The van der Waals surface area contributed by atoms with Crippen molar-refractivity contribution in [1.29, 1.82) is 0 Å². The molecule has 110 valence electrons. The summed E-state index contributed by atoms with van der Waals surface area (Å²) in [5.74, 6) is 0.880. The van der Waals surface area contributed by atoms with Crippen LogP contribution in [-0.4, -0.2) is 28.6 Å². The Balaban J connectivity index is 2.14. The van der Waals surface area contributed by atoms with Gasteiger partial charge in [0.05, 0.1) is 11.7 Å². The van der Waals surface area contributed by atoms with Gasteiger partial charge in [-0.3, -0.25) is 10.1 Å². The van der Waals surface area contributed by atoms with Crippen molar-refractivity contribution in [2.75, 3.05) is 0 Å². The van der Waals surface area contributed by atoms with Crippen molar-refractivity contribution in [1.82, 2.24) is 10.2 Å². The molecule has 2 fully saturated rings. The lowest BCUT2D eigenvalue weighted by Crippen LogP contribution is -2.47. The maximum absolute atomic E-state index is 12.7. The summed E-state index contributed by atoms with van der Waals surface area (Å²) in [7, 11) is 0. The summed E-state index contributed by atoms with van der Waals surface area (Å²) in [6.45, 7) is 8.91. The number of amides is 1. The van der Waals surface area contributed by atoms with Crippen molar-refractivity contribution < 1.29 is 4.79 Å². The lowest BCUT2D eigenvalue weighted by atomic mass is 10.0. The molecule has 2 unspecified atom stereocenters. The first kappa shape index (κ1) is 14.8. The summed E-state index contributed by atoms with van der Waals surface area (Å²) >= 11 is 0. The number of hydrogen-bond acceptors (Lipinski definition) is 2. The highest BCUT2D eigenvalue weighted by Crippen LogP contribution is 2.44. The van der Waals surface area contributed by atoms with Crippen molar-refractivity contribution in [2.24, 2.45) is 5.92 Å². The van der Waals surface area contributed by atoms with E-state index in [2.05, 4.69) is 37.9 Å². The number of hydrogen-bond donors (Lipinski definition) is 1. The van der Waals surface area contributed by atoms with E-state index in [0.29, 0.717) is 17.9 Å². The molecule has 3 nitrogen and oxygen atoms in total. The normalized spacial score (nSPS) is 26.5. The zero-order chi connectivity index (χ0) is 14.0. The Bertz CT molecular complexity index is 323. The maximum Gasteiger partial charge on any atom is 0.244 e. The molecule has 1 saturated heterocycles. The average molecular weight is 266 g/mol. The summed E-state index contributed by atoms with van der Waals surface area (Å²) in [5.41, 5.74) is -0.160. The number of rotatable bonds is 7. The molecular formula is C16H30N2O. The Morgan fingerprint density at radius 3 is 2.42 bits per heavy atom. The van der Waals surface area contributed by atoms with E-state index >= 15 is 0 Å². The van der Waals surface area contributed by atoms with Crippen LogP contribution in [0.25, 0.3) is 0 Å². The summed E-state index contributed by atoms with van der Waals surface area (Å²) in [5, 5.41) is 3.63. The predicted molar refractivity (Wildman–Crippen MR) is 78.8 cm³/mol. The molecule has 19 heavy (non-hydrogen) atoms. The number of carbonyl (C=O) groups is 1. The van der Waals surface area contributed by atoms with E-state index in [1.165, 1.54) is 12.8 Å². The Morgan fingerprint density at radius 1 is 1.26 bits per heavy atom. The SMILES string of the molecule is CCCCC(CCC)N1C(=O)C2(CC2)NC1C(C)C. The molecule has 1 saturated carbocycles. The van der Waals surface area contributed by atoms with Crippen molar-refractivity contribution in [3.05, 3.63) is 0 Å². The number of unbranched alkanes of at least 4 members (excludes halogenated alkanes) is 1. The van der Waals surface area contributed by atoms with Gasteiger partial charge in [-0.25, -0.2) is 0 Å². The third kappa shape index (κ3) is 2.81. The predicted octanol–water partition coefficient (Wildman–Crippen LogP) is 3.29. The molecule has 0 bridgehead atoms. The van der Waals surface area contributed by atoms with Crippen molar-refractivity contribution in [2.45, 2.75) is 90.4 Å². The third-order valence-electron chi connectivity index (χ3n) is 4.66. The molecule has 0 aromatic rings. The molecule has 1 aliphatic carbocycles. The van der Waals surface area contributed by atoms with Crippen LogP contribution in [0.4, 0.5) is 0 Å². The summed E-state index contributed by atoms with van der Waals surface area (Å²) in [4.78, 5) is 15.0. The highest BCUT2D eigenvalue weighted by atomic mass is 16.2. The van der Waals surface area contributed by atoms with Crippen LogP contribution in [0, 0.1) is 5.92 Å². The maximum atomic E-state index is 12.7. The smallest absolute Gasteiger partial charge is 0.244 e. The molecule has 2 aliphatic rings. The standard InChI is InChI=1S/C16H30N2O/c1-5-7-9-13(8-6-2)18-14(12(3)4)17-16(10-11-16)15(18)19/h12-14,17H,5-11H2,1-4H3. The highest BCUT2D eigenvalue weighted by molar-refractivity contribution is 5.92. The van der Waals surface area contributed by atoms with Crippen molar-refractivity contribution in [3.8, 4) is 0 Å². The molecule has 1 amide bonds. The Hall–Kier alpha value is -0.570. The second-order valence-electron chi connectivity index (χ2n) is 6.71. The van der Waals surface area contributed by atoms with Crippen LogP contribution in [0.2, 0.25) is 0 Å². The molecule has 2 atom stereocenters. The molecule has 2 rings (SSSR count). The van der Waals surface area contributed by atoms with Gasteiger partial charge in [-0.2, -0.15) is 0 Å². The van der Waals surface area contributed by atoms with Gasteiger partial charge in [0.2, 0.25) is 5.91 Å². The average Bonchev–Trinajstić information content (AvgIpc) is 3.09. The molecule has 1 aliphatic heterocycles. The fraction of sp³-hybridized carbons (Fsp3) is 0.938. The summed E-state index contributed by atoms with van der Waals surface area (Å²) in [6.07, 6.45) is 8.25.